The second-order valence-corrected chi connectivity index (χ2v) is 7.56. The SMILES string of the molecule is COc1cc(-c2cscc2NC(CC(C)C)C(=O)NCC#N)cc(OC)c1OC. The number of nitrogens with one attached hydrogen (secondary N) is 2. The summed E-state index contributed by atoms with van der Waals surface area (Å²) < 4.78 is 16.3. The molecule has 29 heavy (non-hydrogen) atoms. The average Bonchev–Trinajstić information content (AvgIpc) is 3.18. The number of carbonyl (C=O) groups is 1. The molecule has 0 bridgehead atoms. The van der Waals surface area contributed by atoms with Crippen molar-refractivity contribution in [3.8, 4) is 34.4 Å². The summed E-state index contributed by atoms with van der Waals surface area (Å²) in [5.41, 5.74) is 2.64. The van der Waals surface area contributed by atoms with Crippen LogP contribution >= 0.6 is 11.3 Å². The van der Waals surface area contributed by atoms with Gasteiger partial charge >= 0.3 is 0 Å². The molecule has 0 saturated carbocycles. The third kappa shape index (κ3) is 5.55. The smallest absolute Gasteiger partial charge is 0.243 e. The maximum absolute atomic E-state index is 12.5. The molecular weight excluding hydrogens is 390 g/mol. The molecule has 0 fully saturated rings. The summed E-state index contributed by atoms with van der Waals surface area (Å²) in [5, 5.41) is 18.7. The number of hydrogen-bond acceptors (Lipinski definition) is 7. The number of carbonyl (C=O) groups excluding carboxylic acids is 1. The van der Waals surface area contributed by atoms with Gasteiger partial charge in [0.05, 0.1) is 33.1 Å². The molecule has 1 amide bonds. The molecule has 7 nitrogen and oxygen atoms in total. The zero-order valence-electron chi connectivity index (χ0n) is 17.4. The largest absolute Gasteiger partial charge is 0.493 e. The third-order valence-electron chi connectivity index (χ3n) is 4.33. The van der Waals surface area contributed by atoms with E-state index in [0.717, 1.165) is 16.8 Å². The van der Waals surface area contributed by atoms with Crippen molar-refractivity contribution < 1.29 is 19.0 Å². The van der Waals surface area contributed by atoms with Crippen molar-refractivity contribution in [1.29, 1.82) is 5.26 Å². The lowest BCUT2D eigenvalue weighted by molar-refractivity contribution is -0.121. The van der Waals surface area contributed by atoms with Crippen LogP contribution in [0.5, 0.6) is 17.2 Å². The summed E-state index contributed by atoms with van der Waals surface area (Å²) in [7, 11) is 4.71. The number of anilines is 1. The monoisotopic (exact) mass is 417 g/mol. The molecule has 0 aliphatic carbocycles. The molecule has 0 spiro atoms. The van der Waals surface area contributed by atoms with Crippen LogP contribution in [0.25, 0.3) is 11.1 Å². The van der Waals surface area contributed by atoms with E-state index in [4.69, 9.17) is 19.5 Å². The minimum absolute atomic E-state index is 0.0154. The lowest BCUT2D eigenvalue weighted by atomic mass is 10.0. The van der Waals surface area contributed by atoms with Gasteiger partial charge in [-0.2, -0.15) is 5.26 Å². The number of hydrogen-bond donors (Lipinski definition) is 2. The molecule has 1 aromatic heterocycles. The Morgan fingerprint density at radius 2 is 1.79 bits per heavy atom. The van der Waals surface area contributed by atoms with Gasteiger partial charge in [-0.3, -0.25) is 4.79 Å². The van der Waals surface area contributed by atoms with Crippen LogP contribution in [0.3, 0.4) is 0 Å². The fourth-order valence-corrected chi connectivity index (χ4v) is 3.81. The Kier molecular flexibility index (Phi) is 8.16. The van der Waals surface area contributed by atoms with Crippen molar-refractivity contribution in [2.75, 3.05) is 33.2 Å². The van der Waals surface area contributed by atoms with E-state index in [9.17, 15) is 4.79 Å². The Bertz CT molecular complexity index is 848. The molecule has 0 radical (unpaired) electrons. The molecule has 0 aliphatic heterocycles. The van der Waals surface area contributed by atoms with E-state index in [-0.39, 0.29) is 12.5 Å². The van der Waals surface area contributed by atoms with Crippen molar-refractivity contribution in [1.82, 2.24) is 5.32 Å². The number of thiophene rings is 1. The number of methoxy groups -OCH3 is 3. The molecule has 2 N–H and O–H groups in total. The van der Waals surface area contributed by atoms with Crippen LogP contribution in [0.4, 0.5) is 5.69 Å². The highest BCUT2D eigenvalue weighted by Crippen LogP contribution is 2.43. The van der Waals surface area contributed by atoms with Gasteiger partial charge in [0.1, 0.15) is 12.6 Å². The van der Waals surface area contributed by atoms with E-state index in [2.05, 4.69) is 24.5 Å². The molecule has 1 heterocycles. The molecular formula is C21H27N3O4S. The zero-order valence-corrected chi connectivity index (χ0v) is 18.2. The molecule has 0 saturated heterocycles. The Hall–Kier alpha value is -2.92. The predicted octanol–water partition coefficient (Wildman–Crippen LogP) is 3.91. The van der Waals surface area contributed by atoms with Gasteiger partial charge in [-0.15, -0.1) is 11.3 Å². The van der Waals surface area contributed by atoms with Crippen molar-refractivity contribution in [3.05, 3.63) is 22.9 Å². The van der Waals surface area contributed by atoms with E-state index in [1.807, 2.05) is 29.0 Å². The highest BCUT2D eigenvalue weighted by molar-refractivity contribution is 7.08. The maximum atomic E-state index is 12.5. The van der Waals surface area contributed by atoms with Gasteiger partial charge in [0.2, 0.25) is 11.7 Å². The molecule has 1 unspecified atom stereocenters. The Labute approximate surface area is 175 Å². The number of rotatable bonds is 10. The third-order valence-corrected chi connectivity index (χ3v) is 5.08. The summed E-state index contributed by atoms with van der Waals surface area (Å²) >= 11 is 1.53. The summed E-state index contributed by atoms with van der Waals surface area (Å²) in [6.07, 6.45) is 0.641. The average molecular weight is 418 g/mol. The van der Waals surface area contributed by atoms with Gasteiger partial charge in [-0.1, -0.05) is 13.8 Å². The molecule has 2 rings (SSSR count). The van der Waals surface area contributed by atoms with Crippen LogP contribution in [0.15, 0.2) is 22.9 Å². The summed E-state index contributed by atoms with van der Waals surface area (Å²) in [4.78, 5) is 12.5. The fraction of sp³-hybridized carbons (Fsp3) is 0.429. The van der Waals surface area contributed by atoms with Gasteiger partial charge in [0, 0.05) is 16.3 Å². The van der Waals surface area contributed by atoms with Gasteiger partial charge < -0.3 is 24.8 Å². The normalized spacial score (nSPS) is 11.5. The second kappa shape index (κ2) is 10.6. The van der Waals surface area contributed by atoms with Crippen molar-refractivity contribution >= 4 is 22.9 Å². The van der Waals surface area contributed by atoms with Crippen LogP contribution in [-0.2, 0) is 4.79 Å². The molecule has 0 aliphatic rings. The lowest BCUT2D eigenvalue weighted by Crippen LogP contribution is -2.40. The van der Waals surface area contributed by atoms with Gasteiger partial charge in [0.15, 0.2) is 11.5 Å². The minimum atomic E-state index is -0.446. The molecule has 8 heteroatoms. The van der Waals surface area contributed by atoms with E-state index < -0.39 is 6.04 Å². The Balaban J connectivity index is 2.39. The first-order valence-electron chi connectivity index (χ1n) is 9.22. The fourth-order valence-electron chi connectivity index (χ4n) is 3.01. The highest BCUT2D eigenvalue weighted by Gasteiger charge is 2.22. The number of ether oxygens (including phenoxy) is 3. The van der Waals surface area contributed by atoms with Crippen LogP contribution in [0.1, 0.15) is 20.3 Å². The van der Waals surface area contributed by atoms with Gasteiger partial charge in [-0.25, -0.2) is 0 Å². The molecule has 1 aromatic carbocycles. The van der Waals surface area contributed by atoms with Crippen molar-refractivity contribution in [2.45, 2.75) is 26.3 Å². The lowest BCUT2D eigenvalue weighted by Gasteiger charge is -2.21. The van der Waals surface area contributed by atoms with Crippen LogP contribution < -0.4 is 24.8 Å². The number of nitriles is 1. The van der Waals surface area contributed by atoms with Crippen LogP contribution in [0, 0.1) is 17.2 Å². The first kappa shape index (κ1) is 22.4. The second-order valence-electron chi connectivity index (χ2n) is 6.82. The van der Waals surface area contributed by atoms with E-state index in [0.29, 0.717) is 29.6 Å². The predicted molar refractivity (Wildman–Crippen MR) is 115 cm³/mol. The van der Waals surface area contributed by atoms with Gasteiger partial charge in [0.25, 0.3) is 0 Å². The van der Waals surface area contributed by atoms with Crippen LogP contribution in [-0.4, -0.2) is 39.8 Å². The minimum Gasteiger partial charge on any atom is -0.493 e. The highest BCUT2D eigenvalue weighted by atomic mass is 32.1. The Morgan fingerprint density at radius 1 is 1.14 bits per heavy atom. The van der Waals surface area contributed by atoms with Crippen LogP contribution in [0.2, 0.25) is 0 Å². The standard InChI is InChI=1S/C21H27N3O4S/c1-13(2)8-16(21(25)23-7-6-22)24-17-12-29-11-15(17)14-9-18(26-3)20(28-5)19(10-14)27-4/h9-13,16,24H,7-8H2,1-5H3,(H,23,25). The summed E-state index contributed by atoms with van der Waals surface area (Å²) in [6, 6.07) is 5.25. The number of nitrogens with zero attached hydrogens (tertiary/aromatic N) is 1. The molecule has 1 atom stereocenters. The number of benzene rings is 1. The number of amides is 1. The quantitative estimate of drug-likeness (QED) is 0.570. The van der Waals surface area contributed by atoms with Crippen molar-refractivity contribution in [2.24, 2.45) is 5.92 Å². The zero-order chi connectivity index (χ0) is 21.4. The summed E-state index contributed by atoms with van der Waals surface area (Å²) in [5.74, 6) is 1.76. The molecule has 2 aromatic rings. The first-order chi connectivity index (χ1) is 13.9. The topological polar surface area (TPSA) is 92.6 Å². The van der Waals surface area contributed by atoms with Crippen molar-refractivity contribution in [3.63, 3.8) is 0 Å². The van der Waals surface area contributed by atoms with E-state index in [1.165, 1.54) is 11.3 Å². The van der Waals surface area contributed by atoms with Gasteiger partial charge in [-0.05, 0) is 30.0 Å². The maximum Gasteiger partial charge on any atom is 0.243 e. The molecule has 156 valence electrons. The van der Waals surface area contributed by atoms with E-state index >= 15 is 0 Å². The first-order valence-corrected chi connectivity index (χ1v) is 10.2. The van der Waals surface area contributed by atoms with E-state index in [1.54, 1.807) is 21.3 Å². The Morgan fingerprint density at radius 3 is 2.31 bits per heavy atom. The summed E-state index contributed by atoms with van der Waals surface area (Å²) in [6.45, 7) is 4.10.